The van der Waals surface area contributed by atoms with Crippen LogP contribution in [0.2, 0.25) is 0 Å². The number of carbonyl (C=O) groups is 1. The van der Waals surface area contributed by atoms with E-state index in [9.17, 15) is 18.0 Å². The molecule has 0 bridgehead atoms. The molecule has 0 saturated carbocycles. The number of aromatic nitrogens is 3. The largest absolute Gasteiger partial charge is 0.324 e. The lowest BCUT2D eigenvalue weighted by atomic mass is 10.1. The number of nitrogens with zero attached hydrogens (tertiary/aromatic N) is 3. The van der Waals surface area contributed by atoms with Crippen LogP contribution in [0.5, 0.6) is 0 Å². The molecule has 11 heteroatoms. The molecule has 2 heterocycles. The maximum atomic E-state index is 13.8. The van der Waals surface area contributed by atoms with Gasteiger partial charge in [0, 0.05) is 5.39 Å². The fourth-order valence-corrected chi connectivity index (χ4v) is 5.76. The van der Waals surface area contributed by atoms with Crippen LogP contribution in [0.15, 0.2) is 112 Å². The average Bonchev–Trinajstić information content (AvgIpc) is 2.95. The Balaban J connectivity index is 1.38. The Kier molecular flexibility index (Phi) is 6.54. The fourth-order valence-electron chi connectivity index (χ4n) is 4.43. The molecule has 0 aliphatic heterocycles. The lowest BCUT2D eigenvalue weighted by Gasteiger charge is -2.14. The molecule has 0 aliphatic carbocycles. The second kappa shape index (κ2) is 10.2. The highest BCUT2D eigenvalue weighted by molar-refractivity contribution is 7.99. The molecule has 1 amide bonds. The van der Waals surface area contributed by atoms with E-state index in [4.69, 9.17) is 10.1 Å². The lowest BCUT2D eigenvalue weighted by molar-refractivity contribution is -0.113. The van der Waals surface area contributed by atoms with E-state index in [0.29, 0.717) is 22.3 Å². The number of nitrogens with two attached hydrogens (primary N) is 1. The van der Waals surface area contributed by atoms with Gasteiger partial charge in [-0.05, 0) is 59.3 Å². The molecule has 2 aromatic heterocycles. The van der Waals surface area contributed by atoms with Crippen LogP contribution < -0.4 is 16.0 Å². The zero-order chi connectivity index (χ0) is 27.9. The summed E-state index contributed by atoms with van der Waals surface area (Å²) in [6.07, 6.45) is 1.59. The second-order valence-corrected chi connectivity index (χ2v) is 11.5. The number of fused-ring (bicyclic) bond motifs is 3. The number of anilines is 1. The van der Waals surface area contributed by atoms with Crippen molar-refractivity contribution in [2.75, 3.05) is 11.1 Å². The Hall–Kier alpha value is -4.58. The number of hydrogen-bond donors (Lipinski definition) is 2. The molecule has 0 atom stereocenters. The molecular weight excluding hydrogens is 546 g/mol. The number of pyridine rings is 1. The average molecular weight is 568 g/mol. The van der Waals surface area contributed by atoms with Gasteiger partial charge in [-0.25, -0.2) is 18.5 Å². The van der Waals surface area contributed by atoms with Crippen LogP contribution in [0, 0.1) is 0 Å². The summed E-state index contributed by atoms with van der Waals surface area (Å²) in [6.45, 7) is 0. The number of rotatable bonds is 6. The molecule has 3 N–H and O–H groups in total. The van der Waals surface area contributed by atoms with Crippen LogP contribution in [0.1, 0.15) is 0 Å². The standard InChI is InChI=1S/C29H21N5O4S2/c30-40(37,38)23-11-9-22(10-12-23)34-28(36)24-14-18-5-1-2-6-19(18)15-26(24)33-29(34)39-17-27(35)32-21-13-20-7-3-4-8-25(20)31-16-21/h1-16H,17H2,(H,32,35)(H2,30,37,38). The van der Waals surface area contributed by atoms with Crippen molar-refractivity contribution in [2.24, 2.45) is 5.14 Å². The smallest absolute Gasteiger partial charge is 0.266 e. The molecule has 0 unspecified atom stereocenters. The van der Waals surface area contributed by atoms with Gasteiger partial charge in [0.2, 0.25) is 15.9 Å². The predicted octanol–water partition coefficient (Wildman–Crippen LogP) is 4.47. The van der Waals surface area contributed by atoms with Crippen molar-refractivity contribution < 1.29 is 13.2 Å². The van der Waals surface area contributed by atoms with Crippen molar-refractivity contribution in [3.8, 4) is 5.69 Å². The topological polar surface area (TPSA) is 137 Å². The van der Waals surface area contributed by atoms with Gasteiger partial charge in [-0.2, -0.15) is 0 Å². The summed E-state index contributed by atoms with van der Waals surface area (Å²) >= 11 is 1.09. The van der Waals surface area contributed by atoms with Gasteiger partial charge in [0.1, 0.15) is 0 Å². The number of amides is 1. The predicted molar refractivity (Wildman–Crippen MR) is 157 cm³/mol. The number of primary sulfonamides is 1. The van der Waals surface area contributed by atoms with Crippen molar-refractivity contribution in [2.45, 2.75) is 10.1 Å². The van der Waals surface area contributed by atoms with Gasteiger partial charge < -0.3 is 5.32 Å². The van der Waals surface area contributed by atoms with Crippen LogP contribution in [0.3, 0.4) is 0 Å². The normalized spacial score (nSPS) is 11.7. The van der Waals surface area contributed by atoms with Gasteiger partial charge in [-0.15, -0.1) is 0 Å². The highest BCUT2D eigenvalue weighted by atomic mass is 32.2. The summed E-state index contributed by atoms with van der Waals surface area (Å²) in [5, 5.41) is 11.5. The first-order valence-electron chi connectivity index (χ1n) is 12.1. The molecule has 6 aromatic rings. The SMILES string of the molecule is NS(=O)(=O)c1ccc(-n2c(SCC(=O)Nc3cnc4ccccc4c3)nc3cc4ccccc4cc3c2=O)cc1. The maximum Gasteiger partial charge on any atom is 0.266 e. The summed E-state index contributed by atoms with van der Waals surface area (Å²) in [4.78, 5) is 35.7. The van der Waals surface area contributed by atoms with Gasteiger partial charge in [0.15, 0.2) is 5.16 Å². The van der Waals surface area contributed by atoms with Crippen molar-refractivity contribution >= 4 is 66.0 Å². The minimum absolute atomic E-state index is 0.0341. The van der Waals surface area contributed by atoms with Gasteiger partial charge in [-0.3, -0.25) is 19.1 Å². The highest BCUT2D eigenvalue weighted by Gasteiger charge is 2.17. The summed E-state index contributed by atoms with van der Waals surface area (Å²) in [5.74, 6) is -0.334. The first-order valence-corrected chi connectivity index (χ1v) is 14.7. The Morgan fingerprint density at radius 1 is 0.875 bits per heavy atom. The molecule has 198 valence electrons. The van der Waals surface area contributed by atoms with Crippen molar-refractivity contribution in [3.63, 3.8) is 0 Å². The third-order valence-electron chi connectivity index (χ3n) is 6.33. The minimum atomic E-state index is -3.91. The number of benzene rings is 4. The summed E-state index contributed by atoms with van der Waals surface area (Å²) in [6, 6.07) is 26.3. The van der Waals surface area contributed by atoms with Crippen LogP contribution in [0.4, 0.5) is 5.69 Å². The molecule has 40 heavy (non-hydrogen) atoms. The number of sulfonamides is 1. The summed E-state index contributed by atoms with van der Waals surface area (Å²) < 4.78 is 24.9. The van der Waals surface area contributed by atoms with E-state index in [2.05, 4.69) is 10.3 Å². The molecule has 4 aromatic carbocycles. The summed E-state index contributed by atoms with van der Waals surface area (Å²) in [7, 11) is -3.91. The number of para-hydroxylation sites is 1. The van der Waals surface area contributed by atoms with E-state index in [1.807, 2.05) is 60.7 Å². The molecule has 0 aliphatic rings. The second-order valence-electron chi connectivity index (χ2n) is 9.04. The monoisotopic (exact) mass is 567 g/mol. The molecule has 0 spiro atoms. The van der Waals surface area contributed by atoms with E-state index in [-0.39, 0.29) is 27.3 Å². The van der Waals surface area contributed by atoms with E-state index < -0.39 is 10.0 Å². The quantitative estimate of drug-likeness (QED) is 0.172. The summed E-state index contributed by atoms with van der Waals surface area (Å²) in [5.41, 5.74) is 1.91. The number of nitrogens with one attached hydrogen (secondary N) is 1. The first kappa shape index (κ1) is 25.7. The molecule has 0 radical (unpaired) electrons. The Morgan fingerprint density at radius 2 is 1.55 bits per heavy atom. The van der Waals surface area contributed by atoms with Gasteiger partial charge in [0.05, 0.1) is 44.6 Å². The van der Waals surface area contributed by atoms with Crippen LogP contribution >= 0.6 is 11.8 Å². The highest BCUT2D eigenvalue weighted by Crippen LogP contribution is 2.26. The molecular formula is C29H21N5O4S2. The van der Waals surface area contributed by atoms with Gasteiger partial charge >= 0.3 is 0 Å². The van der Waals surface area contributed by atoms with E-state index in [0.717, 1.165) is 33.4 Å². The van der Waals surface area contributed by atoms with E-state index >= 15 is 0 Å². The van der Waals surface area contributed by atoms with E-state index in [1.54, 1.807) is 12.3 Å². The minimum Gasteiger partial charge on any atom is -0.324 e. The van der Waals surface area contributed by atoms with Gasteiger partial charge in [0.25, 0.3) is 5.56 Å². The molecule has 9 nitrogen and oxygen atoms in total. The third-order valence-corrected chi connectivity index (χ3v) is 8.20. The van der Waals surface area contributed by atoms with Crippen LogP contribution in [0.25, 0.3) is 38.3 Å². The fraction of sp³-hybridized carbons (Fsp3) is 0.0345. The molecule has 6 rings (SSSR count). The van der Waals surface area contributed by atoms with Gasteiger partial charge in [-0.1, -0.05) is 54.2 Å². The van der Waals surface area contributed by atoms with Crippen molar-refractivity contribution in [1.29, 1.82) is 0 Å². The number of hydrogen-bond acceptors (Lipinski definition) is 7. The van der Waals surface area contributed by atoms with Crippen LogP contribution in [-0.2, 0) is 14.8 Å². The Bertz CT molecular complexity index is 2110. The third kappa shape index (κ3) is 5.05. The Labute approximate surface area is 232 Å². The van der Waals surface area contributed by atoms with Crippen LogP contribution in [-0.4, -0.2) is 34.6 Å². The first-order chi connectivity index (χ1) is 19.3. The van der Waals surface area contributed by atoms with E-state index in [1.165, 1.54) is 28.8 Å². The van der Waals surface area contributed by atoms with Crippen molar-refractivity contribution in [3.05, 3.63) is 108 Å². The zero-order valence-corrected chi connectivity index (χ0v) is 22.4. The maximum absolute atomic E-state index is 13.8. The molecule has 0 fully saturated rings. The Morgan fingerprint density at radius 3 is 2.27 bits per heavy atom. The molecule has 0 saturated heterocycles. The number of thioether (sulfide) groups is 1. The zero-order valence-electron chi connectivity index (χ0n) is 20.8. The number of carbonyl (C=O) groups excluding carboxylic acids is 1. The lowest BCUT2D eigenvalue weighted by Crippen LogP contribution is -2.23. The van der Waals surface area contributed by atoms with Crippen molar-refractivity contribution in [1.82, 2.24) is 14.5 Å².